The molecular formula is C10H10F3NOS2. The first kappa shape index (κ1) is 12.8. The maximum Gasteiger partial charge on any atom is 0.406 e. The number of thioether (sulfide) groups is 1. The number of amides is 1. The summed E-state index contributed by atoms with van der Waals surface area (Å²) in [7, 11) is 0. The van der Waals surface area contributed by atoms with Gasteiger partial charge in [-0.15, -0.1) is 23.1 Å². The number of hydrogen-bond donors (Lipinski definition) is 0. The zero-order valence-electron chi connectivity index (χ0n) is 8.95. The van der Waals surface area contributed by atoms with Gasteiger partial charge >= 0.3 is 6.18 Å². The fourth-order valence-electron chi connectivity index (χ4n) is 1.64. The Hall–Kier alpha value is -0.690. The highest BCUT2D eigenvalue weighted by Gasteiger charge is 2.41. The monoisotopic (exact) mass is 281 g/mol. The molecule has 1 saturated heterocycles. The van der Waals surface area contributed by atoms with Crippen molar-refractivity contribution in [3.63, 3.8) is 0 Å². The number of nitrogens with zero attached hydrogens (tertiary/aromatic N) is 1. The van der Waals surface area contributed by atoms with E-state index in [0.29, 0.717) is 0 Å². The second-order valence-corrected chi connectivity index (χ2v) is 6.14. The van der Waals surface area contributed by atoms with Crippen LogP contribution in [0.1, 0.15) is 15.1 Å². The Kier molecular flexibility index (Phi) is 3.40. The molecule has 1 aliphatic rings. The molecule has 0 saturated carbocycles. The zero-order chi connectivity index (χ0) is 12.6. The molecule has 0 N–H and O–H groups in total. The third-order valence-electron chi connectivity index (χ3n) is 2.32. The molecular weight excluding hydrogens is 271 g/mol. The van der Waals surface area contributed by atoms with Crippen molar-refractivity contribution in [3.8, 4) is 0 Å². The molecule has 1 unspecified atom stereocenters. The predicted molar refractivity (Wildman–Crippen MR) is 62.0 cm³/mol. The summed E-state index contributed by atoms with van der Waals surface area (Å²) in [5.74, 6) is -0.319. The Morgan fingerprint density at radius 2 is 2.18 bits per heavy atom. The molecule has 2 rings (SSSR count). The molecule has 1 aliphatic heterocycles. The van der Waals surface area contributed by atoms with Gasteiger partial charge in [-0.25, -0.2) is 0 Å². The largest absolute Gasteiger partial charge is 0.406 e. The number of hydrogen-bond acceptors (Lipinski definition) is 3. The van der Waals surface area contributed by atoms with E-state index in [1.807, 2.05) is 13.0 Å². The van der Waals surface area contributed by atoms with Crippen molar-refractivity contribution in [1.29, 1.82) is 0 Å². The van der Waals surface area contributed by atoms with Gasteiger partial charge in [0.2, 0.25) is 5.91 Å². The van der Waals surface area contributed by atoms with E-state index in [-0.39, 0.29) is 5.75 Å². The van der Waals surface area contributed by atoms with Crippen LogP contribution in [0.3, 0.4) is 0 Å². The van der Waals surface area contributed by atoms with Crippen molar-refractivity contribution in [3.05, 3.63) is 21.9 Å². The molecule has 1 amide bonds. The first-order valence-corrected chi connectivity index (χ1v) is 6.77. The van der Waals surface area contributed by atoms with Gasteiger partial charge < -0.3 is 4.90 Å². The number of aryl methyl sites for hydroxylation is 1. The van der Waals surface area contributed by atoms with Crippen molar-refractivity contribution in [2.75, 3.05) is 12.3 Å². The highest BCUT2D eigenvalue weighted by Crippen LogP contribution is 2.42. The van der Waals surface area contributed by atoms with Crippen LogP contribution < -0.4 is 0 Å². The lowest BCUT2D eigenvalue weighted by atomic mass is 10.3. The summed E-state index contributed by atoms with van der Waals surface area (Å²) in [4.78, 5) is 14.2. The number of thiophene rings is 1. The van der Waals surface area contributed by atoms with Crippen LogP contribution >= 0.6 is 23.1 Å². The Balaban J connectivity index is 2.19. The highest BCUT2D eigenvalue weighted by molar-refractivity contribution is 8.00. The zero-order valence-corrected chi connectivity index (χ0v) is 10.6. The fourth-order valence-corrected chi connectivity index (χ4v) is 3.94. The van der Waals surface area contributed by atoms with Crippen LogP contribution in [0.5, 0.6) is 0 Å². The Morgan fingerprint density at radius 3 is 2.71 bits per heavy atom. The highest BCUT2D eigenvalue weighted by atomic mass is 32.2. The van der Waals surface area contributed by atoms with E-state index in [9.17, 15) is 18.0 Å². The van der Waals surface area contributed by atoms with Crippen LogP contribution in [-0.4, -0.2) is 29.3 Å². The van der Waals surface area contributed by atoms with Gasteiger partial charge in [-0.1, -0.05) is 0 Å². The van der Waals surface area contributed by atoms with Crippen molar-refractivity contribution in [2.24, 2.45) is 0 Å². The Bertz CT molecular complexity index is 429. The minimum atomic E-state index is -4.34. The quantitative estimate of drug-likeness (QED) is 0.829. The smallest absolute Gasteiger partial charge is 0.316 e. The Labute approximate surface area is 105 Å². The molecule has 1 aromatic heterocycles. The SMILES string of the molecule is Cc1ccc(C2SCC(=O)N2CC(F)(F)F)s1. The molecule has 1 aromatic rings. The second-order valence-electron chi connectivity index (χ2n) is 3.75. The molecule has 2 nitrogen and oxygen atoms in total. The van der Waals surface area contributed by atoms with Crippen LogP contribution in [0, 0.1) is 6.92 Å². The molecule has 7 heteroatoms. The molecule has 0 radical (unpaired) electrons. The number of carbonyl (C=O) groups is 1. The van der Waals surface area contributed by atoms with E-state index < -0.39 is 24.0 Å². The minimum absolute atomic E-state index is 0.123. The van der Waals surface area contributed by atoms with Gasteiger partial charge in [-0.05, 0) is 19.1 Å². The molecule has 17 heavy (non-hydrogen) atoms. The maximum absolute atomic E-state index is 12.4. The van der Waals surface area contributed by atoms with E-state index in [0.717, 1.165) is 14.7 Å². The number of halogens is 3. The summed E-state index contributed by atoms with van der Waals surface area (Å²) >= 11 is 2.69. The maximum atomic E-state index is 12.4. The molecule has 0 bridgehead atoms. The summed E-state index contributed by atoms with van der Waals surface area (Å²) in [5.41, 5.74) is 0. The summed E-state index contributed by atoms with van der Waals surface area (Å²) in [6, 6.07) is 3.65. The van der Waals surface area contributed by atoms with Gasteiger partial charge in [0.15, 0.2) is 0 Å². The molecule has 0 spiro atoms. The van der Waals surface area contributed by atoms with Crippen LogP contribution in [-0.2, 0) is 4.79 Å². The van der Waals surface area contributed by atoms with Crippen molar-refractivity contribution >= 4 is 29.0 Å². The van der Waals surface area contributed by atoms with E-state index in [1.165, 1.54) is 23.1 Å². The topological polar surface area (TPSA) is 20.3 Å². The number of rotatable bonds is 2. The van der Waals surface area contributed by atoms with Crippen molar-refractivity contribution in [2.45, 2.75) is 18.5 Å². The van der Waals surface area contributed by atoms with Crippen LogP contribution in [0.2, 0.25) is 0 Å². The Morgan fingerprint density at radius 1 is 1.47 bits per heavy atom. The lowest BCUT2D eigenvalue weighted by molar-refractivity contribution is -0.159. The first-order chi connectivity index (χ1) is 7.87. The average molecular weight is 281 g/mol. The summed E-state index contributed by atoms with van der Waals surface area (Å²) in [6.45, 7) is 0.726. The molecule has 2 heterocycles. The first-order valence-electron chi connectivity index (χ1n) is 4.91. The average Bonchev–Trinajstić information content (AvgIpc) is 2.73. The third-order valence-corrected chi connectivity index (χ3v) is 4.76. The molecule has 94 valence electrons. The van der Waals surface area contributed by atoms with Crippen LogP contribution in [0.15, 0.2) is 12.1 Å². The normalized spacial score (nSPS) is 21.3. The summed E-state index contributed by atoms with van der Waals surface area (Å²) in [6.07, 6.45) is -4.34. The van der Waals surface area contributed by atoms with Crippen LogP contribution in [0.25, 0.3) is 0 Å². The number of carbonyl (C=O) groups excluding carboxylic acids is 1. The van der Waals surface area contributed by atoms with Crippen molar-refractivity contribution < 1.29 is 18.0 Å². The molecule has 0 aromatic carbocycles. The molecule has 1 fully saturated rings. The van der Waals surface area contributed by atoms with E-state index in [1.54, 1.807) is 6.07 Å². The standard InChI is InChI=1S/C10H10F3NOS2/c1-6-2-3-7(17-6)9-14(5-10(11,12)13)8(15)4-16-9/h2-3,9H,4-5H2,1H3. The van der Waals surface area contributed by atoms with Crippen molar-refractivity contribution in [1.82, 2.24) is 4.90 Å². The number of alkyl halides is 3. The third kappa shape index (κ3) is 2.95. The van der Waals surface area contributed by atoms with Gasteiger partial charge in [-0.3, -0.25) is 4.79 Å². The second kappa shape index (κ2) is 4.53. The van der Waals surface area contributed by atoms with Crippen LogP contribution in [0.4, 0.5) is 13.2 Å². The minimum Gasteiger partial charge on any atom is -0.316 e. The lowest BCUT2D eigenvalue weighted by Crippen LogP contribution is -2.36. The van der Waals surface area contributed by atoms with Gasteiger partial charge in [0.05, 0.1) is 5.75 Å². The van der Waals surface area contributed by atoms with Gasteiger partial charge in [0.1, 0.15) is 11.9 Å². The van der Waals surface area contributed by atoms with E-state index in [4.69, 9.17) is 0 Å². The van der Waals surface area contributed by atoms with Gasteiger partial charge in [0.25, 0.3) is 0 Å². The summed E-state index contributed by atoms with van der Waals surface area (Å²) < 4.78 is 37.1. The fraction of sp³-hybridized carbons (Fsp3) is 0.500. The summed E-state index contributed by atoms with van der Waals surface area (Å²) in [5, 5.41) is -0.483. The van der Waals surface area contributed by atoms with Gasteiger partial charge in [-0.2, -0.15) is 13.2 Å². The van der Waals surface area contributed by atoms with E-state index in [2.05, 4.69) is 0 Å². The lowest BCUT2D eigenvalue weighted by Gasteiger charge is -2.24. The van der Waals surface area contributed by atoms with E-state index >= 15 is 0 Å². The molecule has 0 aliphatic carbocycles. The van der Waals surface area contributed by atoms with Gasteiger partial charge in [0, 0.05) is 9.75 Å². The molecule has 1 atom stereocenters. The predicted octanol–water partition coefficient (Wildman–Crippen LogP) is 3.19.